The molecule has 1 atom stereocenters. The lowest BCUT2D eigenvalue weighted by Crippen LogP contribution is -2.27. The van der Waals surface area contributed by atoms with Gasteiger partial charge >= 0.3 is 0 Å². The molecule has 1 unspecified atom stereocenters. The van der Waals surface area contributed by atoms with Gasteiger partial charge in [0.2, 0.25) is 0 Å². The number of hydrogen-bond acceptors (Lipinski definition) is 4. The second-order valence-corrected chi connectivity index (χ2v) is 4.38. The lowest BCUT2D eigenvalue weighted by atomic mass is 10.3. The van der Waals surface area contributed by atoms with Gasteiger partial charge in [-0.1, -0.05) is 0 Å². The Labute approximate surface area is 91.7 Å². The Kier molecular flexibility index (Phi) is 2.69. The molecule has 1 aromatic rings. The van der Waals surface area contributed by atoms with Crippen molar-refractivity contribution in [3.8, 4) is 0 Å². The zero-order chi connectivity index (χ0) is 10.1. The molecule has 0 saturated carbocycles. The summed E-state index contributed by atoms with van der Waals surface area (Å²) in [5.74, 6) is 0.963. The molecule has 0 aliphatic carbocycles. The van der Waals surface area contributed by atoms with Gasteiger partial charge in [-0.3, -0.25) is 0 Å². The number of aromatic nitrogens is 2. The minimum Gasteiger partial charge on any atom is -0.354 e. The van der Waals surface area contributed by atoms with Gasteiger partial charge in [0, 0.05) is 19.1 Å². The lowest BCUT2D eigenvalue weighted by Gasteiger charge is -2.18. The third kappa shape index (κ3) is 1.74. The van der Waals surface area contributed by atoms with Crippen molar-refractivity contribution in [3.05, 3.63) is 16.5 Å². The first kappa shape index (κ1) is 9.86. The van der Waals surface area contributed by atoms with E-state index in [0.717, 1.165) is 35.5 Å². The van der Waals surface area contributed by atoms with Crippen molar-refractivity contribution in [2.45, 2.75) is 19.4 Å². The average Bonchev–Trinajstić information content (AvgIpc) is 2.57. The van der Waals surface area contributed by atoms with Crippen LogP contribution in [0.5, 0.6) is 0 Å². The molecule has 1 aliphatic rings. The maximum atomic E-state index is 5.85. The van der Waals surface area contributed by atoms with Gasteiger partial charge in [-0.2, -0.15) is 0 Å². The van der Waals surface area contributed by atoms with E-state index in [1.54, 1.807) is 6.33 Å². The Hall–Kier alpha value is -0.680. The quantitative estimate of drug-likeness (QED) is 0.818. The SMILES string of the molecule is Cc1ncnc(N2CCC(N)C2)c1Br. The van der Waals surface area contributed by atoms with Crippen LogP contribution in [0.3, 0.4) is 0 Å². The molecule has 5 heteroatoms. The molecule has 0 bridgehead atoms. The summed E-state index contributed by atoms with van der Waals surface area (Å²) in [7, 11) is 0. The van der Waals surface area contributed by atoms with Gasteiger partial charge < -0.3 is 10.6 Å². The van der Waals surface area contributed by atoms with E-state index in [1.807, 2.05) is 6.92 Å². The topological polar surface area (TPSA) is 55.0 Å². The molecule has 4 nitrogen and oxygen atoms in total. The number of aryl methyl sites for hydroxylation is 1. The van der Waals surface area contributed by atoms with Crippen molar-refractivity contribution in [2.75, 3.05) is 18.0 Å². The first-order valence-electron chi connectivity index (χ1n) is 4.66. The standard InChI is InChI=1S/C9H13BrN4/c1-6-8(10)9(13-5-12-6)14-3-2-7(11)4-14/h5,7H,2-4,11H2,1H3. The van der Waals surface area contributed by atoms with Crippen LogP contribution in [0.25, 0.3) is 0 Å². The second kappa shape index (κ2) is 3.82. The molecule has 0 spiro atoms. The van der Waals surface area contributed by atoms with E-state index in [2.05, 4.69) is 30.8 Å². The summed E-state index contributed by atoms with van der Waals surface area (Å²) in [5, 5.41) is 0. The fourth-order valence-corrected chi connectivity index (χ4v) is 2.10. The molecule has 0 amide bonds. The van der Waals surface area contributed by atoms with Gasteiger partial charge in [0.05, 0.1) is 10.2 Å². The second-order valence-electron chi connectivity index (χ2n) is 3.59. The fourth-order valence-electron chi connectivity index (χ4n) is 1.65. The predicted molar refractivity (Wildman–Crippen MR) is 59.3 cm³/mol. The van der Waals surface area contributed by atoms with Gasteiger partial charge in [0.1, 0.15) is 12.1 Å². The Balaban J connectivity index is 2.28. The molecule has 0 aromatic carbocycles. The van der Waals surface area contributed by atoms with Crippen LogP contribution in [-0.4, -0.2) is 29.1 Å². The van der Waals surface area contributed by atoms with Crippen LogP contribution in [0.2, 0.25) is 0 Å². The van der Waals surface area contributed by atoms with Gasteiger partial charge in [-0.05, 0) is 29.3 Å². The lowest BCUT2D eigenvalue weighted by molar-refractivity contribution is 0.751. The summed E-state index contributed by atoms with van der Waals surface area (Å²) in [6.07, 6.45) is 2.63. The predicted octanol–water partition coefficient (Wildman–Crippen LogP) is 1.08. The third-order valence-electron chi connectivity index (χ3n) is 2.47. The van der Waals surface area contributed by atoms with Gasteiger partial charge in [0.15, 0.2) is 0 Å². The van der Waals surface area contributed by atoms with E-state index in [1.165, 1.54) is 0 Å². The van der Waals surface area contributed by atoms with Crippen molar-refractivity contribution in [3.63, 3.8) is 0 Å². The Morgan fingerprint density at radius 3 is 3.00 bits per heavy atom. The number of rotatable bonds is 1. The number of hydrogen-bond donors (Lipinski definition) is 1. The van der Waals surface area contributed by atoms with E-state index in [-0.39, 0.29) is 6.04 Å². The highest BCUT2D eigenvalue weighted by Gasteiger charge is 2.22. The number of nitrogens with zero attached hydrogens (tertiary/aromatic N) is 3. The van der Waals surface area contributed by atoms with Gasteiger partial charge in [0.25, 0.3) is 0 Å². The maximum absolute atomic E-state index is 5.85. The van der Waals surface area contributed by atoms with Crippen LogP contribution in [0.15, 0.2) is 10.8 Å². The van der Waals surface area contributed by atoms with Crippen LogP contribution in [-0.2, 0) is 0 Å². The molecule has 1 fully saturated rings. The maximum Gasteiger partial charge on any atom is 0.146 e. The molecular weight excluding hydrogens is 244 g/mol. The molecule has 14 heavy (non-hydrogen) atoms. The normalized spacial score (nSPS) is 21.6. The summed E-state index contributed by atoms with van der Waals surface area (Å²) < 4.78 is 0.981. The highest BCUT2D eigenvalue weighted by Crippen LogP contribution is 2.27. The van der Waals surface area contributed by atoms with Crippen LogP contribution in [0, 0.1) is 6.92 Å². The molecule has 1 aliphatic heterocycles. The number of halogens is 1. The minimum absolute atomic E-state index is 0.275. The number of nitrogens with two attached hydrogens (primary N) is 1. The first-order valence-corrected chi connectivity index (χ1v) is 5.45. The molecule has 2 N–H and O–H groups in total. The van der Waals surface area contributed by atoms with Gasteiger partial charge in [-0.25, -0.2) is 9.97 Å². The van der Waals surface area contributed by atoms with Crippen molar-refractivity contribution >= 4 is 21.7 Å². The summed E-state index contributed by atoms with van der Waals surface area (Å²) >= 11 is 3.50. The van der Waals surface area contributed by atoms with Crippen LogP contribution in [0.1, 0.15) is 12.1 Å². The average molecular weight is 257 g/mol. The van der Waals surface area contributed by atoms with Crippen molar-refractivity contribution < 1.29 is 0 Å². The van der Waals surface area contributed by atoms with E-state index in [0.29, 0.717) is 0 Å². The summed E-state index contributed by atoms with van der Waals surface area (Å²) in [5.41, 5.74) is 6.82. The molecule has 0 radical (unpaired) electrons. The molecular formula is C9H13BrN4. The molecule has 1 aromatic heterocycles. The highest BCUT2D eigenvalue weighted by molar-refractivity contribution is 9.10. The minimum atomic E-state index is 0.275. The van der Waals surface area contributed by atoms with Crippen molar-refractivity contribution in [1.29, 1.82) is 0 Å². The molecule has 1 saturated heterocycles. The molecule has 76 valence electrons. The first-order chi connectivity index (χ1) is 6.68. The van der Waals surface area contributed by atoms with Crippen LogP contribution < -0.4 is 10.6 Å². The zero-order valence-electron chi connectivity index (χ0n) is 8.07. The van der Waals surface area contributed by atoms with E-state index in [4.69, 9.17) is 5.73 Å². The van der Waals surface area contributed by atoms with E-state index >= 15 is 0 Å². The molecule has 2 rings (SSSR count). The van der Waals surface area contributed by atoms with Crippen LogP contribution in [0.4, 0.5) is 5.82 Å². The van der Waals surface area contributed by atoms with E-state index in [9.17, 15) is 0 Å². The highest BCUT2D eigenvalue weighted by atomic mass is 79.9. The van der Waals surface area contributed by atoms with Gasteiger partial charge in [-0.15, -0.1) is 0 Å². The smallest absolute Gasteiger partial charge is 0.146 e. The zero-order valence-corrected chi connectivity index (χ0v) is 9.66. The Morgan fingerprint density at radius 2 is 2.36 bits per heavy atom. The van der Waals surface area contributed by atoms with Crippen molar-refractivity contribution in [2.24, 2.45) is 5.73 Å². The monoisotopic (exact) mass is 256 g/mol. The Morgan fingerprint density at radius 1 is 1.57 bits per heavy atom. The van der Waals surface area contributed by atoms with E-state index < -0.39 is 0 Å². The summed E-state index contributed by atoms with van der Waals surface area (Å²) in [4.78, 5) is 10.6. The summed E-state index contributed by atoms with van der Waals surface area (Å²) in [6, 6.07) is 0.275. The van der Waals surface area contributed by atoms with Crippen molar-refractivity contribution in [1.82, 2.24) is 9.97 Å². The Bertz CT molecular complexity index is 342. The van der Waals surface area contributed by atoms with Crippen LogP contribution >= 0.6 is 15.9 Å². The fraction of sp³-hybridized carbons (Fsp3) is 0.556. The third-order valence-corrected chi connectivity index (χ3v) is 3.40. The molecule has 2 heterocycles. The summed E-state index contributed by atoms with van der Waals surface area (Å²) in [6.45, 7) is 3.83. The largest absolute Gasteiger partial charge is 0.354 e. The number of anilines is 1.